The maximum atomic E-state index is 13.4. The lowest BCUT2D eigenvalue weighted by Gasteiger charge is -2.16. The zero-order valence-corrected chi connectivity index (χ0v) is 17.7. The molecule has 0 atom stereocenters. The molecule has 144 valence electrons. The van der Waals surface area contributed by atoms with Crippen molar-refractivity contribution in [2.45, 2.75) is 13.8 Å². The highest BCUT2D eigenvalue weighted by Crippen LogP contribution is 2.34. The van der Waals surface area contributed by atoms with Crippen molar-refractivity contribution in [1.82, 2.24) is 0 Å². The maximum absolute atomic E-state index is 13.4. The van der Waals surface area contributed by atoms with E-state index in [-0.39, 0.29) is 17.5 Å². The number of carbonyl (C=O) groups excluding carboxylic acids is 2. The van der Waals surface area contributed by atoms with E-state index in [0.717, 1.165) is 21.3 Å². The average molecular weight is 447 g/mol. The number of nitrogens with one attached hydrogen (secondary N) is 1. The molecule has 1 aliphatic heterocycles. The first-order valence-electron chi connectivity index (χ1n) is 9.23. The lowest BCUT2D eigenvalue weighted by atomic mass is 10.0. The molecule has 0 unspecified atom stereocenters. The molecule has 0 saturated carbocycles. The van der Waals surface area contributed by atoms with Crippen LogP contribution in [-0.4, -0.2) is 11.8 Å². The number of halogens is 1. The first kappa shape index (κ1) is 19.2. The second-order valence-electron chi connectivity index (χ2n) is 7.04. The molecule has 4 nitrogen and oxygen atoms in total. The second kappa shape index (κ2) is 7.68. The number of carbonyl (C=O) groups is 2. The number of hydrogen-bond donors (Lipinski definition) is 1. The summed E-state index contributed by atoms with van der Waals surface area (Å²) >= 11 is 3.44. The molecule has 0 radical (unpaired) electrons. The van der Waals surface area contributed by atoms with Crippen molar-refractivity contribution >= 4 is 44.7 Å². The Bertz CT molecular complexity index is 1150. The summed E-state index contributed by atoms with van der Waals surface area (Å²) in [6, 6.07) is 22.5. The number of imide groups is 1. The van der Waals surface area contributed by atoms with Crippen molar-refractivity contribution < 1.29 is 9.59 Å². The van der Waals surface area contributed by atoms with Gasteiger partial charge in [-0.3, -0.25) is 9.59 Å². The first-order chi connectivity index (χ1) is 13.9. The zero-order chi connectivity index (χ0) is 20.5. The van der Waals surface area contributed by atoms with Crippen LogP contribution in [0.5, 0.6) is 0 Å². The Labute approximate surface area is 178 Å². The van der Waals surface area contributed by atoms with Gasteiger partial charge in [0.1, 0.15) is 5.70 Å². The quantitative estimate of drug-likeness (QED) is 0.541. The van der Waals surface area contributed by atoms with Crippen molar-refractivity contribution in [3.8, 4) is 0 Å². The molecule has 3 aromatic carbocycles. The zero-order valence-electron chi connectivity index (χ0n) is 16.1. The van der Waals surface area contributed by atoms with E-state index in [0.29, 0.717) is 16.8 Å². The molecule has 29 heavy (non-hydrogen) atoms. The van der Waals surface area contributed by atoms with Crippen LogP contribution in [-0.2, 0) is 9.59 Å². The third-order valence-electron chi connectivity index (χ3n) is 4.78. The Balaban J connectivity index is 1.83. The summed E-state index contributed by atoms with van der Waals surface area (Å²) in [4.78, 5) is 28.0. The molecular formula is C24H19BrN2O2. The molecule has 0 fully saturated rings. The molecule has 0 aliphatic carbocycles. The van der Waals surface area contributed by atoms with Crippen molar-refractivity contribution in [3.63, 3.8) is 0 Å². The van der Waals surface area contributed by atoms with Gasteiger partial charge in [-0.15, -0.1) is 0 Å². The smallest absolute Gasteiger partial charge is 0.282 e. The topological polar surface area (TPSA) is 49.4 Å². The van der Waals surface area contributed by atoms with Crippen LogP contribution >= 0.6 is 15.9 Å². The lowest BCUT2D eigenvalue weighted by molar-refractivity contribution is -0.120. The molecule has 5 heteroatoms. The summed E-state index contributed by atoms with van der Waals surface area (Å²) in [5, 5.41) is 3.18. The highest BCUT2D eigenvalue weighted by Gasteiger charge is 2.40. The number of benzene rings is 3. The highest BCUT2D eigenvalue weighted by molar-refractivity contribution is 9.10. The molecule has 0 saturated heterocycles. The van der Waals surface area contributed by atoms with E-state index < -0.39 is 0 Å². The molecule has 1 N–H and O–H groups in total. The molecule has 0 spiro atoms. The molecule has 3 aromatic rings. The van der Waals surface area contributed by atoms with Crippen LogP contribution < -0.4 is 10.2 Å². The van der Waals surface area contributed by atoms with Crippen molar-refractivity contribution in [1.29, 1.82) is 0 Å². The summed E-state index contributed by atoms with van der Waals surface area (Å²) in [5.41, 5.74) is 4.72. The standard InChI is InChI=1S/C24H19BrN2O2/c1-15-9-11-17(12-10-15)21-22(26-19-7-4-6-18(25)14-19)24(29)27(23(21)28)20-8-3-5-16(2)13-20/h3-14,26H,1-2H3. The Hall–Kier alpha value is -3.18. The van der Waals surface area contributed by atoms with Gasteiger partial charge in [-0.1, -0.05) is 64.0 Å². The predicted octanol–water partition coefficient (Wildman–Crippen LogP) is 5.46. The van der Waals surface area contributed by atoms with E-state index in [1.165, 1.54) is 4.90 Å². The summed E-state index contributed by atoms with van der Waals surface area (Å²) in [7, 11) is 0. The third kappa shape index (κ3) is 3.74. The fourth-order valence-electron chi connectivity index (χ4n) is 3.35. The van der Waals surface area contributed by atoms with E-state index in [1.807, 2.05) is 80.6 Å². The Morgan fingerprint density at radius 1 is 0.793 bits per heavy atom. The molecular weight excluding hydrogens is 428 g/mol. The normalized spacial score (nSPS) is 14.0. The van der Waals surface area contributed by atoms with E-state index in [2.05, 4.69) is 21.2 Å². The fourth-order valence-corrected chi connectivity index (χ4v) is 3.75. The first-order valence-corrected chi connectivity index (χ1v) is 10.0. The molecule has 4 rings (SSSR count). The van der Waals surface area contributed by atoms with Crippen LogP contribution in [0.25, 0.3) is 5.57 Å². The van der Waals surface area contributed by atoms with Gasteiger partial charge in [-0.05, 0) is 55.3 Å². The predicted molar refractivity (Wildman–Crippen MR) is 120 cm³/mol. The van der Waals surface area contributed by atoms with Gasteiger partial charge < -0.3 is 5.32 Å². The number of nitrogens with zero attached hydrogens (tertiary/aromatic N) is 1. The van der Waals surface area contributed by atoms with Crippen LogP contribution in [0.1, 0.15) is 16.7 Å². The highest BCUT2D eigenvalue weighted by atomic mass is 79.9. The van der Waals surface area contributed by atoms with Gasteiger partial charge in [0.2, 0.25) is 0 Å². The summed E-state index contributed by atoms with van der Waals surface area (Å²) < 4.78 is 0.882. The fraction of sp³-hybridized carbons (Fsp3) is 0.0833. The van der Waals surface area contributed by atoms with E-state index in [9.17, 15) is 9.59 Å². The number of aryl methyl sites for hydroxylation is 2. The van der Waals surface area contributed by atoms with Gasteiger partial charge in [0.25, 0.3) is 11.8 Å². The molecule has 0 bridgehead atoms. The number of hydrogen-bond acceptors (Lipinski definition) is 3. The summed E-state index contributed by atoms with van der Waals surface area (Å²) in [5.74, 6) is -0.696. The summed E-state index contributed by atoms with van der Waals surface area (Å²) in [6.45, 7) is 3.92. The van der Waals surface area contributed by atoms with Gasteiger partial charge in [0.15, 0.2) is 0 Å². The van der Waals surface area contributed by atoms with Gasteiger partial charge >= 0.3 is 0 Å². The van der Waals surface area contributed by atoms with Crippen molar-refractivity contribution in [3.05, 3.63) is 99.7 Å². The third-order valence-corrected chi connectivity index (χ3v) is 5.27. The largest absolute Gasteiger partial charge is 0.350 e. The Morgan fingerprint density at radius 3 is 2.21 bits per heavy atom. The van der Waals surface area contributed by atoms with Crippen LogP contribution in [0.2, 0.25) is 0 Å². The molecule has 2 amide bonds. The van der Waals surface area contributed by atoms with Gasteiger partial charge in [-0.2, -0.15) is 0 Å². The molecule has 1 aliphatic rings. The van der Waals surface area contributed by atoms with Gasteiger partial charge in [-0.25, -0.2) is 4.90 Å². The summed E-state index contributed by atoms with van der Waals surface area (Å²) in [6.07, 6.45) is 0. The minimum atomic E-state index is -0.365. The average Bonchev–Trinajstić information content (AvgIpc) is 2.92. The van der Waals surface area contributed by atoms with Gasteiger partial charge in [0.05, 0.1) is 11.3 Å². The monoisotopic (exact) mass is 446 g/mol. The molecule has 1 heterocycles. The van der Waals surface area contributed by atoms with E-state index in [4.69, 9.17) is 0 Å². The number of rotatable bonds is 4. The number of amides is 2. The minimum absolute atomic E-state index is 0.276. The van der Waals surface area contributed by atoms with Crippen molar-refractivity contribution in [2.24, 2.45) is 0 Å². The lowest BCUT2D eigenvalue weighted by Crippen LogP contribution is -2.32. The second-order valence-corrected chi connectivity index (χ2v) is 7.95. The van der Waals surface area contributed by atoms with Crippen LogP contribution in [0, 0.1) is 13.8 Å². The van der Waals surface area contributed by atoms with E-state index in [1.54, 1.807) is 6.07 Å². The number of anilines is 2. The SMILES string of the molecule is Cc1ccc(C2=C(Nc3cccc(Br)c3)C(=O)N(c3cccc(C)c3)C2=O)cc1. The Morgan fingerprint density at radius 2 is 1.52 bits per heavy atom. The van der Waals surface area contributed by atoms with Crippen LogP contribution in [0.3, 0.4) is 0 Å². The van der Waals surface area contributed by atoms with E-state index >= 15 is 0 Å². The maximum Gasteiger partial charge on any atom is 0.282 e. The minimum Gasteiger partial charge on any atom is -0.350 e. The van der Waals surface area contributed by atoms with Crippen LogP contribution in [0.15, 0.2) is 83.0 Å². The van der Waals surface area contributed by atoms with Gasteiger partial charge in [0, 0.05) is 10.2 Å². The van der Waals surface area contributed by atoms with Crippen LogP contribution in [0.4, 0.5) is 11.4 Å². The molecule has 0 aromatic heterocycles. The van der Waals surface area contributed by atoms with Crippen molar-refractivity contribution in [2.75, 3.05) is 10.2 Å². The Kier molecular flexibility index (Phi) is 5.07.